The van der Waals surface area contributed by atoms with Gasteiger partial charge in [0.1, 0.15) is 12.4 Å². The number of methoxy groups -OCH3 is 1. The van der Waals surface area contributed by atoms with Crippen molar-refractivity contribution in [3.05, 3.63) is 59.9 Å². The molecule has 0 aliphatic carbocycles. The SMILES string of the molecule is CCN(CC)C(=O)CO[C@H]1CN(Cc2cccnc2)CC(=O)N(Cc2ccc(OC)cc2)C1. The molecule has 0 spiro atoms. The number of carbonyl (C=O) groups excluding carboxylic acids is 2. The van der Waals surface area contributed by atoms with E-state index in [0.29, 0.717) is 39.3 Å². The molecule has 1 atom stereocenters. The molecule has 1 saturated heterocycles. The lowest BCUT2D eigenvalue weighted by Crippen LogP contribution is -2.40. The number of rotatable bonds is 10. The number of pyridine rings is 1. The molecule has 8 nitrogen and oxygen atoms in total. The van der Waals surface area contributed by atoms with E-state index in [1.807, 2.05) is 61.3 Å². The predicted octanol–water partition coefficient (Wildman–Crippen LogP) is 2.19. The van der Waals surface area contributed by atoms with Gasteiger partial charge in [-0.1, -0.05) is 18.2 Å². The van der Waals surface area contributed by atoms with E-state index in [4.69, 9.17) is 9.47 Å². The van der Waals surface area contributed by atoms with Crippen LogP contribution < -0.4 is 4.74 Å². The van der Waals surface area contributed by atoms with Gasteiger partial charge in [0.25, 0.3) is 0 Å². The maximum atomic E-state index is 13.1. The smallest absolute Gasteiger partial charge is 0.248 e. The first kappa shape index (κ1) is 24.7. The molecule has 0 unspecified atom stereocenters. The second-order valence-corrected chi connectivity index (χ2v) is 8.15. The predicted molar refractivity (Wildman–Crippen MR) is 126 cm³/mol. The van der Waals surface area contributed by atoms with Crippen molar-refractivity contribution in [2.24, 2.45) is 0 Å². The van der Waals surface area contributed by atoms with Crippen LogP contribution in [0.3, 0.4) is 0 Å². The van der Waals surface area contributed by atoms with Crippen LogP contribution in [0.1, 0.15) is 25.0 Å². The number of likely N-dealkylation sites (N-methyl/N-ethyl adjacent to an activating group) is 1. The van der Waals surface area contributed by atoms with Crippen LogP contribution in [-0.4, -0.2) is 84.0 Å². The summed E-state index contributed by atoms with van der Waals surface area (Å²) in [6.07, 6.45) is 3.27. The van der Waals surface area contributed by atoms with Gasteiger partial charge in [-0.05, 0) is 43.2 Å². The fourth-order valence-electron chi connectivity index (χ4n) is 3.99. The quantitative estimate of drug-likeness (QED) is 0.548. The van der Waals surface area contributed by atoms with E-state index in [9.17, 15) is 9.59 Å². The Morgan fingerprint density at radius 3 is 2.48 bits per heavy atom. The summed E-state index contributed by atoms with van der Waals surface area (Å²) in [6, 6.07) is 11.6. The van der Waals surface area contributed by atoms with E-state index in [1.54, 1.807) is 18.2 Å². The van der Waals surface area contributed by atoms with Gasteiger partial charge in [0, 0.05) is 51.7 Å². The average molecular weight is 455 g/mol. The lowest BCUT2D eigenvalue weighted by atomic mass is 10.2. The molecule has 2 aromatic rings. The molecule has 2 heterocycles. The van der Waals surface area contributed by atoms with Gasteiger partial charge in [-0.25, -0.2) is 0 Å². The van der Waals surface area contributed by atoms with Gasteiger partial charge in [-0.15, -0.1) is 0 Å². The first-order valence-corrected chi connectivity index (χ1v) is 11.4. The molecule has 0 radical (unpaired) electrons. The number of nitrogens with zero attached hydrogens (tertiary/aromatic N) is 4. The molecule has 2 amide bonds. The molecule has 1 aromatic carbocycles. The molecule has 0 saturated carbocycles. The molecule has 0 bridgehead atoms. The molecule has 3 rings (SSSR count). The summed E-state index contributed by atoms with van der Waals surface area (Å²) in [4.78, 5) is 35.5. The third-order valence-corrected chi connectivity index (χ3v) is 5.82. The third kappa shape index (κ3) is 7.27. The number of aromatic nitrogens is 1. The molecule has 1 fully saturated rings. The zero-order chi connectivity index (χ0) is 23.6. The minimum Gasteiger partial charge on any atom is -0.497 e. The highest BCUT2D eigenvalue weighted by atomic mass is 16.5. The Balaban J connectivity index is 1.72. The van der Waals surface area contributed by atoms with E-state index < -0.39 is 0 Å². The summed E-state index contributed by atoms with van der Waals surface area (Å²) in [5.41, 5.74) is 2.05. The van der Waals surface area contributed by atoms with Crippen LogP contribution in [0.5, 0.6) is 5.75 Å². The van der Waals surface area contributed by atoms with Gasteiger partial charge in [-0.3, -0.25) is 19.5 Å². The number of hydrogen-bond donors (Lipinski definition) is 0. The summed E-state index contributed by atoms with van der Waals surface area (Å²) in [7, 11) is 1.63. The number of benzene rings is 1. The van der Waals surface area contributed by atoms with Crippen molar-refractivity contribution in [3.8, 4) is 5.75 Å². The van der Waals surface area contributed by atoms with Crippen molar-refractivity contribution in [1.29, 1.82) is 0 Å². The van der Waals surface area contributed by atoms with Gasteiger partial charge in [0.2, 0.25) is 11.8 Å². The standard InChI is InChI=1S/C25H34N4O4/c1-4-28(5-2)25(31)19-33-23-16-27(14-21-7-6-12-26-13-21)18-24(30)29(17-23)15-20-8-10-22(32-3)11-9-20/h6-13,23H,4-5,14-19H2,1-3H3/t23-/m0/s1. The Kier molecular flexibility index (Phi) is 9.21. The molecule has 0 N–H and O–H groups in total. The number of amides is 2. The Hall–Kier alpha value is -2.97. The topological polar surface area (TPSA) is 75.2 Å². The van der Waals surface area contributed by atoms with Crippen LogP contribution in [0, 0.1) is 0 Å². The summed E-state index contributed by atoms with van der Waals surface area (Å²) in [5.74, 6) is 0.784. The lowest BCUT2D eigenvalue weighted by molar-refractivity contribution is -0.138. The molecule has 33 heavy (non-hydrogen) atoms. The number of carbonyl (C=O) groups is 2. The van der Waals surface area contributed by atoms with Gasteiger partial charge in [0.05, 0.1) is 19.8 Å². The summed E-state index contributed by atoms with van der Waals surface area (Å²) >= 11 is 0. The van der Waals surface area contributed by atoms with E-state index in [1.165, 1.54) is 0 Å². The highest BCUT2D eigenvalue weighted by molar-refractivity contribution is 5.79. The molecule has 1 aromatic heterocycles. The lowest BCUT2D eigenvalue weighted by Gasteiger charge is -2.26. The number of ether oxygens (including phenoxy) is 2. The summed E-state index contributed by atoms with van der Waals surface area (Å²) in [5, 5.41) is 0. The van der Waals surface area contributed by atoms with Crippen LogP contribution in [0.15, 0.2) is 48.8 Å². The maximum absolute atomic E-state index is 13.1. The second kappa shape index (κ2) is 12.3. The van der Waals surface area contributed by atoms with E-state index in [0.717, 1.165) is 16.9 Å². The minimum atomic E-state index is -0.272. The molecule has 1 aliphatic heterocycles. The molecule has 178 valence electrons. The Labute approximate surface area is 196 Å². The fraction of sp³-hybridized carbons (Fsp3) is 0.480. The van der Waals surface area contributed by atoms with Crippen molar-refractivity contribution >= 4 is 11.8 Å². The Bertz CT molecular complexity index is 887. The maximum Gasteiger partial charge on any atom is 0.248 e. The summed E-state index contributed by atoms with van der Waals surface area (Å²) < 4.78 is 11.3. The van der Waals surface area contributed by atoms with Gasteiger partial charge < -0.3 is 19.3 Å². The highest BCUT2D eigenvalue weighted by Crippen LogP contribution is 2.17. The van der Waals surface area contributed by atoms with Crippen LogP contribution in [-0.2, 0) is 27.4 Å². The second-order valence-electron chi connectivity index (χ2n) is 8.15. The van der Waals surface area contributed by atoms with Crippen molar-refractivity contribution in [2.45, 2.75) is 33.0 Å². The first-order chi connectivity index (χ1) is 16.0. The van der Waals surface area contributed by atoms with Crippen LogP contribution >= 0.6 is 0 Å². The Morgan fingerprint density at radius 1 is 1.09 bits per heavy atom. The van der Waals surface area contributed by atoms with E-state index in [2.05, 4.69) is 9.88 Å². The zero-order valence-electron chi connectivity index (χ0n) is 19.8. The monoisotopic (exact) mass is 454 g/mol. The summed E-state index contributed by atoms with van der Waals surface area (Å²) in [6.45, 7) is 7.58. The Morgan fingerprint density at radius 2 is 1.85 bits per heavy atom. The molecular formula is C25H34N4O4. The molecule has 8 heteroatoms. The normalized spacial score (nSPS) is 17.0. The van der Waals surface area contributed by atoms with Gasteiger partial charge in [0.15, 0.2) is 0 Å². The largest absolute Gasteiger partial charge is 0.497 e. The van der Waals surface area contributed by atoms with Gasteiger partial charge in [-0.2, -0.15) is 0 Å². The van der Waals surface area contributed by atoms with E-state index in [-0.39, 0.29) is 31.1 Å². The average Bonchev–Trinajstić information content (AvgIpc) is 2.97. The van der Waals surface area contributed by atoms with Gasteiger partial charge >= 0.3 is 0 Å². The fourth-order valence-corrected chi connectivity index (χ4v) is 3.99. The van der Waals surface area contributed by atoms with Crippen LogP contribution in [0.2, 0.25) is 0 Å². The molecular weight excluding hydrogens is 420 g/mol. The van der Waals surface area contributed by atoms with Crippen LogP contribution in [0.4, 0.5) is 0 Å². The zero-order valence-corrected chi connectivity index (χ0v) is 19.8. The molecule has 1 aliphatic rings. The highest BCUT2D eigenvalue weighted by Gasteiger charge is 2.29. The van der Waals surface area contributed by atoms with Crippen molar-refractivity contribution in [2.75, 3.05) is 46.4 Å². The van der Waals surface area contributed by atoms with Crippen molar-refractivity contribution in [1.82, 2.24) is 19.7 Å². The first-order valence-electron chi connectivity index (χ1n) is 11.4. The minimum absolute atomic E-state index is 0.0116. The third-order valence-electron chi connectivity index (χ3n) is 5.82. The van der Waals surface area contributed by atoms with Crippen molar-refractivity contribution < 1.29 is 19.1 Å². The number of hydrogen-bond acceptors (Lipinski definition) is 6. The van der Waals surface area contributed by atoms with E-state index >= 15 is 0 Å². The van der Waals surface area contributed by atoms with Crippen LogP contribution in [0.25, 0.3) is 0 Å². The van der Waals surface area contributed by atoms with Crippen molar-refractivity contribution in [3.63, 3.8) is 0 Å².